The van der Waals surface area contributed by atoms with Gasteiger partial charge in [0.05, 0.1) is 6.61 Å². The van der Waals surface area contributed by atoms with Crippen LogP contribution in [0.3, 0.4) is 0 Å². The van der Waals surface area contributed by atoms with Gasteiger partial charge in [0, 0.05) is 19.1 Å². The van der Waals surface area contributed by atoms with E-state index in [-0.39, 0.29) is 5.92 Å². The van der Waals surface area contributed by atoms with Crippen molar-refractivity contribution in [2.24, 2.45) is 5.92 Å². The molecule has 12 heavy (non-hydrogen) atoms. The van der Waals surface area contributed by atoms with Crippen LogP contribution in [0.1, 0.15) is 6.42 Å². The average molecular weight is 179 g/mol. The third kappa shape index (κ3) is 2.73. The smallest absolute Gasteiger partial charge is 0.315 e. The first-order valence-corrected chi connectivity index (χ1v) is 3.83. The summed E-state index contributed by atoms with van der Waals surface area (Å²) in [4.78, 5) is 10.4. The van der Waals surface area contributed by atoms with Crippen molar-refractivity contribution in [1.82, 2.24) is 5.32 Å². The Morgan fingerprint density at radius 1 is 1.67 bits per heavy atom. The number of carbonyl (C=O) groups is 1. The highest BCUT2D eigenvalue weighted by molar-refractivity contribution is 5.78. The van der Waals surface area contributed by atoms with E-state index in [0.29, 0.717) is 19.8 Å². The second-order valence-electron chi connectivity index (χ2n) is 2.78. The molecule has 70 valence electrons. The molecule has 3 nitrogen and oxygen atoms in total. The van der Waals surface area contributed by atoms with Gasteiger partial charge in [-0.15, -0.1) is 0 Å². The fourth-order valence-electron chi connectivity index (χ4n) is 1.07. The molecule has 1 unspecified atom stereocenters. The van der Waals surface area contributed by atoms with Crippen LogP contribution in [0, 0.1) is 5.92 Å². The SMILES string of the molecule is O=C(NCC1CCOC1)C(F)F. The lowest BCUT2D eigenvalue weighted by Crippen LogP contribution is -2.33. The predicted octanol–water partition coefficient (Wildman–Crippen LogP) is 0.404. The number of carbonyl (C=O) groups excluding carboxylic acids is 1. The maximum atomic E-state index is 11.7. The molecule has 1 rings (SSSR count). The molecule has 1 aliphatic rings. The molecule has 1 heterocycles. The van der Waals surface area contributed by atoms with Crippen LogP contribution in [0.2, 0.25) is 0 Å². The topological polar surface area (TPSA) is 38.3 Å². The van der Waals surface area contributed by atoms with E-state index in [4.69, 9.17) is 4.74 Å². The summed E-state index contributed by atoms with van der Waals surface area (Å²) in [5, 5.41) is 2.16. The first kappa shape index (κ1) is 9.38. The van der Waals surface area contributed by atoms with Crippen LogP contribution in [0.25, 0.3) is 0 Å². The van der Waals surface area contributed by atoms with E-state index >= 15 is 0 Å². The summed E-state index contributed by atoms with van der Waals surface area (Å²) in [5.41, 5.74) is 0. The van der Waals surface area contributed by atoms with Gasteiger partial charge in [-0.25, -0.2) is 0 Å². The number of nitrogens with one attached hydrogen (secondary N) is 1. The number of hydrogen-bond acceptors (Lipinski definition) is 2. The van der Waals surface area contributed by atoms with Crippen molar-refractivity contribution < 1.29 is 18.3 Å². The fraction of sp³-hybridized carbons (Fsp3) is 0.857. The monoisotopic (exact) mass is 179 g/mol. The molecule has 0 saturated carbocycles. The summed E-state index contributed by atoms with van der Waals surface area (Å²) in [5.74, 6) is -0.991. The van der Waals surface area contributed by atoms with Gasteiger partial charge in [-0.05, 0) is 6.42 Å². The number of amides is 1. The summed E-state index contributed by atoms with van der Waals surface area (Å²) in [6.45, 7) is 1.52. The Kier molecular flexibility index (Phi) is 3.40. The first-order valence-electron chi connectivity index (χ1n) is 3.83. The number of hydrogen-bond donors (Lipinski definition) is 1. The van der Waals surface area contributed by atoms with Gasteiger partial charge in [0.25, 0.3) is 5.91 Å². The summed E-state index contributed by atoms with van der Waals surface area (Å²) in [6.07, 6.45) is -2.07. The third-order valence-corrected chi connectivity index (χ3v) is 1.79. The van der Waals surface area contributed by atoms with E-state index in [1.807, 2.05) is 0 Å². The quantitative estimate of drug-likeness (QED) is 0.681. The minimum Gasteiger partial charge on any atom is -0.381 e. The van der Waals surface area contributed by atoms with Gasteiger partial charge in [-0.3, -0.25) is 4.79 Å². The summed E-state index contributed by atoms with van der Waals surface area (Å²) >= 11 is 0. The van der Waals surface area contributed by atoms with Gasteiger partial charge in [-0.1, -0.05) is 0 Å². The fourth-order valence-corrected chi connectivity index (χ4v) is 1.07. The predicted molar refractivity (Wildman–Crippen MR) is 37.9 cm³/mol. The zero-order valence-electron chi connectivity index (χ0n) is 6.56. The second kappa shape index (κ2) is 4.35. The maximum absolute atomic E-state index is 11.7. The van der Waals surface area contributed by atoms with Gasteiger partial charge < -0.3 is 10.1 Å². The number of halogens is 2. The molecule has 0 aromatic rings. The molecule has 1 fully saturated rings. The van der Waals surface area contributed by atoms with Gasteiger partial charge in [0.15, 0.2) is 0 Å². The first-order chi connectivity index (χ1) is 5.70. The van der Waals surface area contributed by atoms with E-state index in [1.54, 1.807) is 0 Å². The van der Waals surface area contributed by atoms with Crippen LogP contribution >= 0.6 is 0 Å². The maximum Gasteiger partial charge on any atom is 0.315 e. The van der Waals surface area contributed by atoms with E-state index in [2.05, 4.69) is 5.32 Å². The molecular weight excluding hydrogens is 168 g/mol. The Labute approximate surface area is 69.1 Å². The van der Waals surface area contributed by atoms with E-state index < -0.39 is 12.3 Å². The Morgan fingerprint density at radius 3 is 2.92 bits per heavy atom. The molecule has 1 amide bonds. The highest BCUT2D eigenvalue weighted by Gasteiger charge is 2.19. The van der Waals surface area contributed by atoms with Gasteiger partial charge in [0.2, 0.25) is 0 Å². The second-order valence-corrected chi connectivity index (χ2v) is 2.78. The van der Waals surface area contributed by atoms with Gasteiger partial charge in [0.1, 0.15) is 0 Å². The van der Waals surface area contributed by atoms with Crippen molar-refractivity contribution in [1.29, 1.82) is 0 Å². The highest BCUT2D eigenvalue weighted by Crippen LogP contribution is 2.10. The van der Waals surface area contributed by atoms with Gasteiger partial charge >= 0.3 is 6.43 Å². The van der Waals surface area contributed by atoms with Crippen LogP contribution in [0.15, 0.2) is 0 Å². The normalized spacial score (nSPS) is 23.1. The minimum atomic E-state index is -2.91. The van der Waals surface area contributed by atoms with Crippen LogP contribution in [0.5, 0.6) is 0 Å². The Balaban J connectivity index is 2.12. The molecule has 0 radical (unpaired) electrons. The summed E-state index contributed by atoms with van der Waals surface area (Å²) < 4.78 is 28.3. The molecule has 1 aliphatic heterocycles. The van der Waals surface area contributed by atoms with Crippen LogP contribution in [-0.4, -0.2) is 32.1 Å². The molecule has 1 atom stereocenters. The summed E-state index contributed by atoms with van der Waals surface area (Å²) in [7, 11) is 0. The van der Waals surface area contributed by atoms with Crippen molar-refractivity contribution in [3.05, 3.63) is 0 Å². The van der Waals surface area contributed by atoms with Crippen LogP contribution < -0.4 is 5.32 Å². The number of ether oxygens (including phenoxy) is 1. The highest BCUT2D eigenvalue weighted by atomic mass is 19.3. The zero-order chi connectivity index (χ0) is 8.97. The largest absolute Gasteiger partial charge is 0.381 e. The average Bonchev–Trinajstić information content (AvgIpc) is 2.51. The number of rotatable bonds is 3. The minimum absolute atomic E-state index is 0.202. The van der Waals surface area contributed by atoms with Crippen molar-refractivity contribution in [2.75, 3.05) is 19.8 Å². The van der Waals surface area contributed by atoms with E-state index in [1.165, 1.54) is 0 Å². The molecule has 0 spiro atoms. The lowest BCUT2D eigenvalue weighted by atomic mass is 10.1. The molecule has 0 aliphatic carbocycles. The molecule has 5 heteroatoms. The van der Waals surface area contributed by atoms with Crippen molar-refractivity contribution >= 4 is 5.91 Å². The number of alkyl halides is 2. The third-order valence-electron chi connectivity index (χ3n) is 1.79. The Morgan fingerprint density at radius 2 is 2.42 bits per heavy atom. The van der Waals surface area contributed by atoms with Crippen molar-refractivity contribution in [3.8, 4) is 0 Å². The van der Waals surface area contributed by atoms with Gasteiger partial charge in [-0.2, -0.15) is 8.78 Å². The molecule has 1 saturated heterocycles. The Bertz CT molecular complexity index is 157. The Hall–Kier alpha value is -0.710. The molecule has 0 bridgehead atoms. The molecule has 1 N–H and O–H groups in total. The van der Waals surface area contributed by atoms with Crippen LogP contribution in [-0.2, 0) is 9.53 Å². The van der Waals surface area contributed by atoms with E-state index in [0.717, 1.165) is 6.42 Å². The lowest BCUT2D eigenvalue weighted by Gasteiger charge is -2.08. The van der Waals surface area contributed by atoms with E-state index in [9.17, 15) is 13.6 Å². The van der Waals surface area contributed by atoms with Crippen molar-refractivity contribution in [3.63, 3.8) is 0 Å². The standard InChI is InChI=1S/C7H11F2NO2/c8-6(9)7(11)10-3-5-1-2-12-4-5/h5-6H,1-4H2,(H,10,11). The summed E-state index contributed by atoms with van der Waals surface area (Å²) in [6, 6.07) is 0. The molecular formula is C7H11F2NO2. The van der Waals surface area contributed by atoms with Crippen LogP contribution in [0.4, 0.5) is 8.78 Å². The lowest BCUT2D eigenvalue weighted by molar-refractivity contribution is -0.131. The molecule has 0 aromatic carbocycles. The molecule has 0 aromatic heterocycles. The van der Waals surface area contributed by atoms with Crippen molar-refractivity contribution in [2.45, 2.75) is 12.8 Å². The zero-order valence-corrected chi connectivity index (χ0v) is 6.56.